The van der Waals surface area contributed by atoms with E-state index in [0.717, 1.165) is 18.7 Å². The first-order valence-electron chi connectivity index (χ1n) is 4.57. The molecule has 72 valence electrons. The zero-order valence-corrected chi connectivity index (χ0v) is 8.09. The van der Waals surface area contributed by atoms with E-state index in [4.69, 9.17) is 9.15 Å². The van der Waals surface area contributed by atoms with Crippen molar-refractivity contribution in [2.24, 2.45) is 0 Å². The van der Waals surface area contributed by atoms with Crippen molar-refractivity contribution < 1.29 is 9.15 Å². The lowest BCUT2D eigenvalue weighted by atomic mass is 9.91. The van der Waals surface area contributed by atoms with Gasteiger partial charge in [0.05, 0.1) is 18.4 Å². The molecule has 1 aliphatic rings. The van der Waals surface area contributed by atoms with Gasteiger partial charge in [-0.05, 0) is 25.0 Å². The number of rotatable bonds is 2. The van der Waals surface area contributed by atoms with Crippen molar-refractivity contribution in [2.45, 2.75) is 18.9 Å². The fourth-order valence-corrected chi connectivity index (χ4v) is 1.98. The minimum Gasteiger partial charge on any atom is -0.467 e. The largest absolute Gasteiger partial charge is 0.467 e. The molecule has 1 unspecified atom stereocenters. The molecule has 3 heteroatoms. The van der Waals surface area contributed by atoms with Gasteiger partial charge in [-0.15, -0.1) is 0 Å². The molecule has 1 atom stereocenters. The van der Waals surface area contributed by atoms with Gasteiger partial charge < -0.3 is 14.5 Å². The molecule has 0 radical (unpaired) electrons. The Bertz CT molecular complexity index is 295. The predicted octanol–water partition coefficient (Wildman–Crippen LogP) is 1.29. The highest BCUT2D eigenvalue weighted by atomic mass is 16.5. The van der Waals surface area contributed by atoms with Crippen LogP contribution in [0.3, 0.4) is 0 Å². The van der Waals surface area contributed by atoms with Crippen LogP contribution in [0.4, 0.5) is 0 Å². The van der Waals surface area contributed by atoms with Gasteiger partial charge in [0.1, 0.15) is 5.76 Å². The average Bonchev–Trinajstić information content (AvgIpc) is 2.54. The molecular weight excluding hydrogens is 166 g/mol. The summed E-state index contributed by atoms with van der Waals surface area (Å²) in [5.74, 6) is 1.03. The summed E-state index contributed by atoms with van der Waals surface area (Å²) in [7, 11) is 1.71. The third-order valence-electron chi connectivity index (χ3n) is 2.59. The molecule has 0 fully saturated rings. The normalized spacial score (nSPS) is 27.2. The van der Waals surface area contributed by atoms with Crippen molar-refractivity contribution in [2.75, 3.05) is 20.3 Å². The van der Waals surface area contributed by atoms with E-state index in [1.807, 2.05) is 6.07 Å². The van der Waals surface area contributed by atoms with E-state index >= 15 is 0 Å². The number of furan rings is 1. The second-order valence-corrected chi connectivity index (χ2v) is 3.72. The molecular formula is C10H15NO2. The first kappa shape index (κ1) is 8.78. The maximum absolute atomic E-state index is 5.48. The minimum atomic E-state index is -0.147. The number of nitrogens with one attached hydrogen (secondary N) is 1. The average molecular weight is 181 g/mol. The van der Waals surface area contributed by atoms with E-state index in [2.05, 4.69) is 12.2 Å². The van der Waals surface area contributed by atoms with Gasteiger partial charge in [-0.1, -0.05) is 0 Å². The Labute approximate surface area is 78.1 Å². The van der Waals surface area contributed by atoms with Crippen LogP contribution in [0.1, 0.15) is 18.2 Å². The van der Waals surface area contributed by atoms with Gasteiger partial charge in [-0.25, -0.2) is 0 Å². The summed E-state index contributed by atoms with van der Waals surface area (Å²) in [4.78, 5) is 0. The van der Waals surface area contributed by atoms with Gasteiger partial charge in [-0.2, -0.15) is 0 Å². The molecule has 13 heavy (non-hydrogen) atoms. The van der Waals surface area contributed by atoms with Gasteiger partial charge in [0.25, 0.3) is 0 Å². The van der Waals surface area contributed by atoms with Crippen molar-refractivity contribution in [3.63, 3.8) is 0 Å². The Morgan fingerprint density at radius 2 is 2.54 bits per heavy atom. The lowest BCUT2D eigenvalue weighted by Crippen LogP contribution is -2.47. The molecule has 2 rings (SSSR count). The van der Waals surface area contributed by atoms with E-state index in [1.165, 1.54) is 5.56 Å². The first-order chi connectivity index (χ1) is 6.26. The van der Waals surface area contributed by atoms with Crippen LogP contribution >= 0.6 is 0 Å². The van der Waals surface area contributed by atoms with Crippen LogP contribution in [0.15, 0.2) is 16.7 Å². The van der Waals surface area contributed by atoms with Crippen LogP contribution in [0.25, 0.3) is 0 Å². The van der Waals surface area contributed by atoms with Crippen molar-refractivity contribution in [3.05, 3.63) is 23.7 Å². The van der Waals surface area contributed by atoms with Gasteiger partial charge >= 0.3 is 0 Å². The van der Waals surface area contributed by atoms with Crippen LogP contribution in [0.5, 0.6) is 0 Å². The third kappa shape index (κ3) is 1.38. The molecule has 1 N–H and O–H groups in total. The highest BCUT2D eigenvalue weighted by Crippen LogP contribution is 2.29. The fourth-order valence-electron chi connectivity index (χ4n) is 1.98. The predicted molar refractivity (Wildman–Crippen MR) is 49.6 cm³/mol. The Morgan fingerprint density at radius 3 is 3.31 bits per heavy atom. The molecule has 2 heterocycles. The molecule has 1 aromatic heterocycles. The quantitative estimate of drug-likeness (QED) is 0.746. The number of fused-ring (bicyclic) bond motifs is 1. The molecule has 0 spiro atoms. The Kier molecular flexibility index (Phi) is 2.14. The summed E-state index contributed by atoms with van der Waals surface area (Å²) in [5.41, 5.74) is 1.16. The summed E-state index contributed by atoms with van der Waals surface area (Å²) < 4.78 is 10.7. The third-order valence-corrected chi connectivity index (χ3v) is 2.59. The molecule has 1 aromatic rings. The molecule has 3 nitrogen and oxygen atoms in total. The zero-order valence-electron chi connectivity index (χ0n) is 8.09. The summed E-state index contributed by atoms with van der Waals surface area (Å²) in [6.45, 7) is 3.75. The number of hydrogen-bond acceptors (Lipinski definition) is 3. The van der Waals surface area contributed by atoms with Gasteiger partial charge in [0, 0.05) is 13.7 Å². The number of hydrogen-bond donors (Lipinski definition) is 1. The lowest BCUT2D eigenvalue weighted by Gasteiger charge is -2.32. The number of ether oxygens (including phenoxy) is 1. The van der Waals surface area contributed by atoms with Crippen molar-refractivity contribution in [1.82, 2.24) is 5.32 Å². The Balaban J connectivity index is 2.33. The maximum Gasteiger partial charge on any atom is 0.129 e. The first-order valence-corrected chi connectivity index (χ1v) is 4.57. The van der Waals surface area contributed by atoms with Crippen molar-refractivity contribution in [1.29, 1.82) is 0 Å². The van der Waals surface area contributed by atoms with Crippen molar-refractivity contribution in [3.8, 4) is 0 Å². The molecule has 0 saturated carbocycles. The lowest BCUT2D eigenvalue weighted by molar-refractivity contribution is 0.0989. The second-order valence-electron chi connectivity index (χ2n) is 3.72. The van der Waals surface area contributed by atoms with E-state index in [1.54, 1.807) is 13.4 Å². The summed E-state index contributed by atoms with van der Waals surface area (Å²) in [5, 5.41) is 3.42. The SMILES string of the molecule is COCC1(C)NCCc2ccoc21. The molecule has 0 saturated heterocycles. The highest BCUT2D eigenvalue weighted by molar-refractivity contribution is 5.27. The van der Waals surface area contributed by atoms with E-state index in [0.29, 0.717) is 6.61 Å². The topological polar surface area (TPSA) is 34.4 Å². The highest BCUT2D eigenvalue weighted by Gasteiger charge is 2.34. The Hall–Kier alpha value is -0.800. The van der Waals surface area contributed by atoms with Crippen LogP contribution in [-0.2, 0) is 16.7 Å². The summed E-state index contributed by atoms with van der Waals surface area (Å²) in [6.07, 6.45) is 2.80. The van der Waals surface area contributed by atoms with Crippen LogP contribution in [0.2, 0.25) is 0 Å². The van der Waals surface area contributed by atoms with Crippen LogP contribution < -0.4 is 5.32 Å². The van der Waals surface area contributed by atoms with E-state index in [9.17, 15) is 0 Å². The maximum atomic E-state index is 5.48. The molecule has 0 aromatic carbocycles. The summed E-state index contributed by atoms with van der Waals surface area (Å²) in [6, 6.07) is 2.05. The van der Waals surface area contributed by atoms with Gasteiger partial charge in [0.2, 0.25) is 0 Å². The minimum absolute atomic E-state index is 0.147. The number of methoxy groups -OCH3 is 1. The molecule has 0 aliphatic carbocycles. The van der Waals surface area contributed by atoms with E-state index in [-0.39, 0.29) is 5.54 Å². The monoisotopic (exact) mass is 181 g/mol. The zero-order chi connectivity index (χ0) is 9.31. The Morgan fingerprint density at radius 1 is 1.69 bits per heavy atom. The van der Waals surface area contributed by atoms with E-state index < -0.39 is 0 Å². The van der Waals surface area contributed by atoms with Gasteiger partial charge in [-0.3, -0.25) is 0 Å². The molecule has 0 amide bonds. The molecule has 0 bridgehead atoms. The smallest absolute Gasteiger partial charge is 0.129 e. The van der Waals surface area contributed by atoms with Gasteiger partial charge in [0.15, 0.2) is 0 Å². The summed E-state index contributed by atoms with van der Waals surface area (Å²) >= 11 is 0. The standard InChI is InChI=1S/C10H15NO2/c1-10(7-12-2)9-8(3-5-11-10)4-6-13-9/h4,6,11H,3,5,7H2,1-2H3. The molecule has 1 aliphatic heterocycles. The second kappa shape index (κ2) is 3.16. The fraction of sp³-hybridized carbons (Fsp3) is 0.600. The van der Waals surface area contributed by atoms with Crippen LogP contribution in [-0.4, -0.2) is 20.3 Å². The van der Waals surface area contributed by atoms with Crippen molar-refractivity contribution >= 4 is 0 Å². The van der Waals surface area contributed by atoms with Crippen LogP contribution in [0, 0.1) is 0 Å².